The van der Waals surface area contributed by atoms with Gasteiger partial charge < -0.3 is 5.32 Å². The molecule has 1 saturated heterocycles. The first-order valence-corrected chi connectivity index (χ1v) is 6.93. The molecule has 0 amide bonds. The van der Waals surface area contributed by atoms with Crippen molar-refractivity contribution in [3.8, 4) is 0 Å². The monoisotopic (exact) mass is 284 g/mol. The predicted molar refractivity (Wildman–Crippen MR) is 82.5 cm³/mol. The zero-order valence-corrected chi connectivity index (χ0v) is 12.1. The highest BCUT2D eigenvalue weighted by molar-refractivity contribution is 7.80. The number of hydrogen-bond donors (Lipinski definition) is 1. The van der Waals surface area contributed by atoms with Gasteiger partial charge in [0.1, 0.15) is 5.41 Å². The van der Waals surface area contributed by atoms with E-state index in [9.17, 15) is 0 Å². The van der Waals surface area contributed by atoms with Crippen molar-refractivity contribution in [3.05, 3.63) is 60.2 Å². The average molecular weight is 284 g/mol. The highest BCUT2D eigenvalue weighted by Crippen LogP contribution is 2.34. The Balaban J connectivity index is 2.20. The maximum atomic E-state index is 5.65. The van der Waals surface area contributed by atoms with Crippen LogP contribution in [0.3, 0.4) is 0 Å². The van der Waals surface area contributed by atoms with Gasteiger partial charge in [0.25, 0.3) is 0 Å². The van der Waals surface area contributed by atoms with Gasteiger partial charge in [0.05, 0.1) is 17.4 Å². The molecule has 102 valence electrons. The molecule has 3 rings (SSSR count). The second-order valence-electron chi connectivity index (χ2n) is 5.04. The number of hydrogen-bond acceptors (Lipinski definition) is 4. The van der Waals surface area contributed by atoms with Gasteiger partial charge in [-0.2, -0.15) is 0 Å². The summed E-state index contributed by atoms with van der Waals surface area (Å²) in [4.78, 5) is 11.8. The molecular weight excluding hydrogens is 268 g/mol. The summed E-state index contributed by atoms with van der Waals surface area (Å²) < 4.78 is 0. The third kappa shape index (κ3) is 2.09. The van der Waals surface area contributed by atoms with Crippen molar-refractivity contribution < 1.29 is 0 Å². The fourth-order valence-electron chi connectivity index (χ4n) is 2.70. The molecule has 4 nitrogen and oxygen atoms in total. The standard InChI is InChI=1S/C15H16N4S/c1-19-10-15(14(20)18-11-19,12-5-3-2-4-6-12)13-9-16-7-8-17-13/h2-9H,10-11H2,1H3,(H,18,20). The predicted octanol–water partition coefficient (Wildman–Crippen LogP) is 1.58. The maximum absolute atomic E-state index is 5.65. The van der Waals surface area contributed by atoms with Crippen molar-refractivity contribution in [1.29, 1.82) is 0 Å². The number of aromatic nitrogens is 2. The minimum absolute atomic E-state index is 0.433. The van der Waals surface area contributed by atoms with Gasteiger partial charge in [-0.15, -0.1) is 0 Å². The number of likely N-dealkylation sites (N-methyl/N-ethyl adjacent to an activating group) is 1. The molecule has 1 aromatic carbocycles. The topological polar surface area (TPSA) is 41.0 Å². The van der Waals surface area contributed by atoms with Crippen molar-refractivity contribution in [3.63, 3.8) is 0 Å². The Kier molecular flexibility index (Phi) is 3.46. The quantitative estimate of drug-likeness (QED) is 0.848. The lowest BCUT2D eigenvalue weighted by atomic mass is 9.76. The van der Waals surface area contributed by atoms with Crippen LogP contribution in [0.15, 0.2) is 48.9 Å². The van der Waals surface area contributed by atoms with E-state index < -0.39 is 5.41 Å². The molecule has 0 spiro atoms. The molecule has 1 N–H and O–H groups in total. The van der Waals surface area contributed by atoms with E-state index >= 15 is 0 Å². The van der Waals surface area contributed by atoms with Crippen molar-refractivity contribution in [1.82, 2.24) is 20.2 Å². The molecule has 1 unspecified atom stereocenters. The summed E-state index contributed by atoms with van der Waals surface area (Å²) in [5, 5.41) is 3.31. The van der Waals surface area contributed by atoms with Crippen LogP contribution in [0.1, 0.15) is 11.3 Å². The van der Waals surface area contributed by atoms with Crippen molar-refractivity contribution in [2.75, 3.05) is 20.3 Å². The van der Waals surface area contributed by atoms with Crippen LogP contribution >= 0.6 is 12.2 Å². The third-order valence-electron chi connectivity index (χ3n) is 3.67. The summed E-state index contributed by atoms with van der Waals surface area (Å²) in [6.07, 6.45) is 5.21. The molecule has 2 heterocycles. The molecule has 20 heavy (non-hydrogen) atoms. The molecule has 2 aromatic rings. The van der Waals surface area contributed by atoms with Crippen molar-refractivity contribution >= 4 is 17.2 Å². The molecule has 0 saturated carbocycles. The first-order valence-electron chi connectivity index (χ1n) is 6.52. The van der Waals surface area contributed by atoms with Crippen molar-refractivity contribution in [2.24, 2.45) is 0 Å². The van der Waals surface area contributed by atoms with Gasteiger partial charge in [0.2, 0.25) is 0 Å². The Hall–Kier alpha value is -1.85. The Bertz CT molecular complexity index is 560. The van der Waals surface area contributed by atoms with Crippen LogP contribution in [0.2, 0.25) is 0 Å². The molecule has 1 atom stereocenters. The lowest BCUT2D eigenvalue weighted by Gasteiger charge is -2.42. The van der Waals surface area contributed by atoms with E-state index in [2.05, 4.69) is 39.4 Å². The van der Waals surface area contributed by atoms with Gasteiger partial charge in [-0.25, -0.2) is 0 Å². The Labute approximate surface area is 123 Å². The van der Waals surface area contributed by atoms with E-state index in [1.807, 2.05) is 18.2 Å². The van der Waals surface area contributed by atoms with Crippen LogP contribution in [0.5, 0.6) is 0 Å². The van der Waals surface area contributed by atoms with E-state index in [0.29, 0.717) is 0 Å². The van der Waals surface area contributed by atoms with E-state index in [1.54, 1.807) is 18.6 Å². The fourth-order valence-corrected chi connectivity index (χ4v) is 3.05. The van der Waals surface area contributed by atoms with Crippen LogP contribution in [0.25, 0.3) is 0 Å². The molecule has 1 fully saturated rings. The van der Waals surface area contributed by atoms with E-state index in [-0.39, 0.29) is 0 Å². The largest absolute Gasteiger partial charge is 0.366 e. The van der Waals surface area contributed by atoms with Gasteiger partial charge in [-0.05, 0) is 12.6 Å². The highest BCUT2D eigenvalue weighted by atomic mass is 32.1. The molecule has 1 aliphatic heterocycles. The lowest BCUT2D eigenvalue weighted by molar-refractivity contribution is 0.267. The average Bonchev–Trinajstić information content (AvgIpc) is 2.51. The number of benzene rings is 1. The van der Waals surface area contributed by atoms with Crippen molar-refractivity contribution in [2.45, 2.75) is 5.41 Å². The first-order chi connectivity index (χ1) is 9.73. The SMILES string of the molecule is CN1CNC(=S)C(c2ccccc2)(c2cnccn2)C1. The highest BCUT2D eigenvalue weighted by Gasteiger charge is 2.43. The lowest BCUT2D eigenvalue weighted by Crippen LogP contribution is -2.59. The summed E-state index contributed by atoms with van der Waals surface area (Å²) in [6, 6.07) is 10.3. The van der Waals surface area contributed by atoms with Crippen LogP contribution in [0.4, 0.5) is 0 Å². The summed E-state index contributed by atoms with van der Waals surface area (Å²) in [6.45, 7) is 1.55. The summed E-state index contributed by atoms with van der Waals surface area (Å²) >= 11 is 5.65. The van der Waals surface area contributed by atoms with Gasteiger partial charge in [0, 0.05) is 25.1 Å². The maximum Gasteiger partial charge on any atom is 0.102 e. The molecule has 5 heteroatoms. The van der Waals surface area contributed by atoms with Crippen LogP contribution in [-0.2, 0) is 5.41 Å². The van der Waals surface area contributed by atoms with Gasteiger partial charge in [-0.1, -0.05) is 42.5 Å². The van der Waals surface area contributed by atoms with Gasteiger partial charge in [0.15, 0.2) is 0 Å². The summed E-state index contributed by atoms with van der Waals surface area (Å²) in [5.74, 6) is 0. The van der Waals surface area contributed by atoms with E-state index in [4.69, 9.17) is 12.2 Å². The fraction of sp³-hybridized carbons (Fsp3) is 0.267. The van der Waals surface area contributed by atoms with Gasteiger partial charge >= 0.3 is 0 Å². The smallest absolute Gasteiger partial charge is 0.102 e. The Morgan fingerprint density at radius 2 is 2.05 bits per heavy atom. The molecular formula is C15H16N4S. The second-order valence-corrected chi connectivity index (χ2v) is 5.45. The zero-order chi connectivity index (χ0) is 14.0. The number of nitrogens with zero attached hydrogens (tertiary/aromatic N) is 3. The Morgan fingerprint density at radius 3 is 2.75 bits per heavy atom. The molecule has 0 aliphatic carbocycles. The van der Waals surface area contributed by atoms with E-state index in [1.165, 1.54) is 0 Å². The number of nitrogens with one attached hydrogen (secondary N) is 1. The zero-order valence-electron chi connectivity index (χ0n) is 11.3. The summed E-state index contributed by atoms with van der Waals surface area (Å²) in [7, 11) is 2.07. The second kappa shape index (κ2) is 5.26. The molecule has 1 aliphatic rings. The van der Waals surface area contributed by atoms with Crippen LogP contribution in [-0.4, -0.2) is 40.1 Å². The first kappa shape index (κ1) is 13.1. The third-order valence-corrected chi connectivity index (χ3v) is 4.16. The molecule has 0 bridgehead atoms. The minimum Gasteiger partial charge on any atom is -0.366 e. The van der Waals surface area contributed by atoms with Crippen LogP contribution in [0, 0.1) is 0 Å². The number of rotatable bonds is 2. The molecule has 0 radical (unpaired) electrons. The summed E-state index contributed by atoms with van der Waals surface area (Å²) in [5.41, 5.74) is 1.59. The molecule has 1 aromatic heterocycles. The minimum atomic E-state index is -0.433. The number of thiocarbonyl (C=S) groups is 1. The Morgan fingerprint density at radius 1 is 1.25 bits per heavy atom. The van der Waals surface area contributed by atoms with Crippen LogP contribution < -0.4 is 5.32 Å². The van der Waals surface area contributed by atoms with Gasteiger partial charge in [-0.3, -0.25) is 14.9 Å². The van der Waals surface area contributed by atoms with E-state index in [0.717, 1.165) is 29.5 Å². The normalized spacial score (nSPS) is 23.4.